The summed E-state index contributed by atoms with van der Waals surface area (Å²) in [5.41, 5.74) is 2.33. The lowest BCUT2D eigenvalue weighted by Crippen LogP contribution is -2.37. The van der Waals surface area contributed by atoms with E-state index < -0.39 is 24.3 Å². The molecule has 0 aliphatic carbocycles. The van der Waals surface area contributed by atoms with Gasteiger partial charge in [0.15, 0.2) is 5.82 Å². The first-order valence-electron chi connectivity index (χ1n) is 8.55. The predicted octanol–water partition coefficient (Wildman–Crippen LogP) is 1.51. The highest BCUT2D eigenvalue weighted by Gasteiger charge is 2.36. The third-order valence-corrected chi connectivity index (χ3v) is 4.33. The number of hydrogen-bond acceptors (Lipinski definition) is 6. The van der Waals surface area contributed by atoms with Crippen LogP contribution in [-0.4, -0.2) is 48.9 Å². The van der Waals surface area contributed by atoms with Crippen LogP contribution in [0, 0.1) is 13.8 Å². The number of carbonyl (C=O) groups is 3. The SMILES string of the molecule is Cc1cc(C)n(-c2cc(NC(=O)CN3C(=O)c4ccccc4C3=O)ncn2)n1. The van der Waals surface area contributed by atoms with E-state index in [1.807, 2.05) is 19.9 Å². The number of rotatable bonds is 4. The molecule has 0 atom stereocenters. The van der Waals surface area contributed by atoms with Gasteiger partial charge in [0, 0.05) is 11.8 Å². The standard InChI is InChI=1S/C19H16N6O3/c1-11-7-12(2)25(23-11)16-8-15(20-10-21-16)22-17(26)9-24-18(27)13-5-3-4-6-14(13)19(24)28/h3-8,10H,9H2,1-2H3,(H,20,21,22,26). The van der Waals surface area contributed by atoms with Crippen molar-refractivity contribution in [2.75, 3.05) is 11.9 Å². The van der Waals surface area contributed by atoms with Crippen molar-refractivity contribution in [2.45, 2.75) is 13.8 Å². The zero-order chi connectivity index (χ0) is 19.8. The molecule has 1 aliphatic rings. The van der Waals surface area contributed by atoms with Crippen LogP contribution in [0.15, 0.2) is 42.7 Å². The Morgan fingerprint density at radius 2 is 1.71 bits per heavy atom. The van der Waals surface area contributed by atoms with Crippen molar-refractivity contribution in [2.24, 2.45) is 0 Å². The third kappa shape index (κ3) is 3.02. The van der Waals surface area contributed by atoms with Gasteiger partial charge < -0.3 is 5.32 Å². The molecule has 140 valence electrons. The van der Waals surface area contributed by atoms with E-state index in [1.54, 1.807) is 35.0 Å². The van der Waals surface area contributed by atoms with Gasteiger partial charge in [0.05, 0.1) is 16.8 Å². The normalized spacial score (nSPS) is 13.0. The number of benzene rings is 1. The molecule has 3 aromatic rings. The Balaban J connectivity index is 1.49. The van der Waals surface area contributed by atoms with E-state index in [4.69, 9.17) is 0 Å². The average molecular weight is 376 g/mol. The molecule has 1 aliphatic heterocycles. The number of nitrogens with one attached hydrogen (secondary N) is 1. The number of amides is 3. The van der Waals surface area contributed by atoms with Crippen LogP contribution in [0.2, 0.25) is 0 Å². The monoisotopic (exact) mass is 376 g/mol. The first-order valence-corrected chi connectivity index (χ1v) is 8.55. The Labute approximate surface area is 160 Å². The Morgan fingerprint density at radius 1 is 1.04 bits per heavy atom. The Bertz CT molecular complexity index is 1090. The van der Waals surface area contributed by atoms with E-state index >= 15 is 0 Å². The van der Waals surface area contributed by atoms with E-state index in [0.29, 0.717) is 16.9 Å². The maximum absolute atomic E-state index is 12.4. The molecule has 0 spiro atoms. The van der Waals surface area contributed by atoms with Crippen LogP contribution >= 0.6 is 0 Å². The first kappa shape index (κ1) is 17.5. The van der Waals surface area contributed by atoms with Gasteiger partial charge in [-0.3, -0.25) is 19.3 Å². The van der Waals surface area contributed by atoms with Crippen LogP contribution in [0.1, 0.15) is 32.1 Å². The van der Waals surface area contributed by atoms with Gasteiger partial charge in [0.25, 0.3) is 11.8 Å². The van der Waals surface area contributed by atoms with Crippen molar-refractivity contribution in [3.63, 3.8) is 0 Å². The lowest BCUT2D eigenvalue weighted by atomic mass is 10.1. The van der Waals surface area contributed by atoms with Gasteiger partial charge >= 0.3 is 0 Å². The molecule has 1 aromatic carbocycles. The molecule has 4 rings (SSSR count). The minimum absolute atomic E-state index is 0.249. The number of nitrogens with zero attached hydrogens (tertiary/aromatic N) is 5. The maximum Gasteiger partial charge on any atom is 0.262 e. The number of fused-ring (bicyclic) bond motifs is 1. The van der Waals surface area contributed by atoms with E-state index in [1.165, 1.54) is 6.33 Å². The van der Waals surface area contributed by atoms with Crippen LogP contribution in [-0.2, 0) is 4.79 Å². The highest BCUT2D eigenvalue weighted by atomic mass is 16.2. The molecular formula is C19H16N6O3. The van der Waals surface area contributed by atoms with Gasteiger partial charge in [-0.25, -0.2) is 14.6 Å². The largest absolute Gasteiger partial charge is 0.309 e. The number of imide groups is 1. The smallest absolute Gasteiger partial charge is 0.262 e. The molecule has 2 aromatic heterocycles. The molecule has 0 bridgehead atoms. The molecule has 0 saturated heterocycles. The Kier molecular flexibility index (Phi) is 4.19. The second-order valence-electron chi connectivity index (χ2n) is 6.39. The minimum Gasteiger partial charge on any atom is -0.309 e. The summed E-state index contributed by atoms with van der Waals surface area (Å²) in [6.45, 7) is 3.36. The minimum atomic E-state index is -0.535. The van der Waals surface area contributed by atoms with Crippen LogP contribution in [0.3, 0.4) is 0 Å². The highest BCUT2D eigenvalue weighted by Crippen LogP contribution is 2.22. The Hall–Kier alpha value is -3.88. The van der Waals surface area contributed by atoms with Gasteiger partial charge in [-0.1, -0.05) is 12.1 Å². The van der Waals surface area contributed by atoms with Crippen molar-refractivity contribution in [1.82, 2.24) is 24.6 Å². The quantitative estimate of drug-likeness (QED) is 0.691. The van der Waals surface area contributed by atoms with E-state index in [2.05, 4.69) is 20.4 Å². The predicted molar refractivity (Wildman–Crippen MR) is 99.1 cm³/mol. The third-order valence-electron chi connectivity index (χ3n) is 4.33. The number of carbonyl (C=O) groups excluding carboxylic acids is 3. The lowest BCUT2D eigenvalue weighted by Gasteiger charge is -2.13. The number of hydrogen-bond donors (Lipinski definition) is 1. The lowest BCUT2D eigenvalue weighted by molar-refractivity contribution is -0.116. The van der Waals surface area contributed by atoms with Crippen LogP contribution in [0.4, 0.5) is 5.82 Å². The summed E-state index contributed by atoms with van der Waals surface area (Å²) in [6.07, 6.45) is 1.31. The number of aromatic nitrogens is 4. The zero-order valence-corrected chi connectivity index (χ0v) is 15.2. The average Bonchev–Trinajstić information content (AvgIpc) is 3.14. The van der Waals surface area contributed by atoms with E-state index in [-0.39, 0.29) is 5.82 Å². The van der Waals surface area contributed by atoms with Gasteiger partial charge in [-0.15, -0.1) is 0 Å². The number of aryl methyl sites for hydroxylation is 2. The van der Waals surface area contributed by atoms with Crippen molar-refractivity contribution >= 4 is 23.5 Å². The molecule has 0 fully saturated rings. The molecular weight excluding hydrogens is 360 g/mol. The summed E-state index contributed by atoms with van der Waals surface area (Å²) in [5, 5.41) is 6.94. The molecule has 28 heavy (non-hydrogen) atoms. The molecule has 0 unspecified atom stereocenters. The van der Waals surface area contributed by atoms with Crippen molar-refractivity contribution in [3.05, 3.63) is 65.2 Å². The summed E-state index contributed by atoms with van der Waals surface area (Å²) in [6, 6.07) is 9.96. The topological polar surface area (TPSA) is 110 Å². The molecule has 3 amide bonds. The summed E-state index contributed by atoms with van der Waals surface area (Å²) in [4.78, 5) is 46.2. The molecule has 9 nitrogen and oxygen atoms in total. The van der Waals surface area contributed by atoms with Crippen molar-refractivity contribution in [3.8, 4) is 5.82 Å². The second-order valence-corrected chi connectivity index (χ2v) is 6.39. The molecule has 1 N–H and O–H groups in total. The first-order chi connectivity index (χ1) is 13.4. The summed E-state index contributed by atoms with van der Waals surface area (Å²) in [7, 11) is 0. The van der Waals surface area contributed by atoms with Crippen LogP contribution < -0.4 is 5.32 Å². The van der Waals surface area contributed by atoms with Crippen LogP contribution in [0.5, 0.6) is 0 Å². The number of anilines is 1. The molecule has 3 heterocycles. The van der Waals surface area contributed by atoms with E-state index in [9.17, 15) is 14.4 Å². The maximum atomic E-state index is 12.4. The highest BCUT2D eigenvalue weighted by molar-refractivity contribution is 6.22. The fourth-order valence-electron chi connectivity index (χ4n) is 3.10. The molecule has 0 saturated carbocycles. The fraction of sp³-hybridized carbons (Fsp3) is 0.158. The second kappa shape index (κ2) is 6.69. The molecule has 9 heteroatoms. The van der Waals surface area contributed by atoms with Crippen LogP contribution in [0.25, 0.3) is 5.82 Å². The summed E-state index contributed by atoms with van der Waals surface area (Å²) < 4.78 is 1.64. The summed E-state index contributed by atoms with van der Waals surface area (Å²) >= 11 is 0. The zero-order valence-electron chi connectivity index (χ0n) is 15.2. The van der Waals surface area contributed by atoms with Gasteiger partial charge in [0.2, 0.25) is 5.91 Å². The van der Waals surface area contributed by atoms with E-state index in [0.717, 1.165) is 16.3 Å². The van der Waals surface area contributed by atoms with Gasteiger partial charge in [-0.2, -0.15) is 5.10 Å². The summed E-state index contributed by atoms with van der Waals surface area (Å²) in [5.74, 6) is -0.758. The Morgan fingerprint density at radius 3 is 2.32 bits per heavy atom. The fourth-order valence-corrected chi connectivity index (χ4v) is 3.10. The van der Waals surface area contributed by atoms with Crippen molar-refractivity contribution in [1.29, 1.82) is 0 Å². The van der Waals surface area contributed by atoms with Gasteiger partial charge in [-0.05, 0) is 32.0 Å². The molecule has 0 radical (unpaired) electrons. The van der Waals surface area contributed by atoms with Gasteiger partial charge in [0.1, 0.15) is 18.7 Å². The van der Waals surface area contributed by atoms with Crippen molar-refractivity contribution < 1.29 is 14.4 Å².